The molecule has 0 aromatic heterocycles. The number of ether oxygens (including phenoxy) is 1. The largest absolute Gasteiger partial charge is 0.497 e. The molecule has 0 amide bonds. The van der Waals surface area contributed by atoms with Crippen LogP contribution < -0.4 is 9.64 Å². The van der Waals surface area contributed by atoms with E-state index >= 15 is 0 Å². The molecule has 3 nitrogen and oxygen atoms in total. The van der Waals surface area contributed by atoms with Crippen molar-refractivity contribution >= 4 is 11.5 Å². The zero-order valence-electron chi connectivity index (χ0n) is 10.7. The third-order valence-corrected chi connectivity index (χ3v) is 3.43. The normalized spacial score (nSPS) is 20.5. The predicted molar refractivity (Wildman–Crippen MR) is 68.7 cm³/mol. The van der Waals surface area contributed by atoms with Gasteiger partial charge in [0.2, 0.25) is 0 Å². The molecule has 1 fully saturated rings. The summed E-state index contributed by atoms with van der Waals surface area (Å²) in [6.45, 7) is 5.73. The molecular formula is C14H19NO2. The molecule has 1 saturated heterocycles. The van der Waals surface area contributed by atoms with E-state index in [0.29, 0.717) is 12.2 Å². The van der Waals surface area contributed by atoms with Crippen LogP contribution in [0.1, 0.15) is 18.9 Å². The monoisotopic (exact) mass is 233 g/mol. The fourth-order valence-electron chi connectivity index (χ4n) is 2.29. The lowest BCUT2D eigenvalue weighted by Gasteiger charge is -2.33. The fourth-order valence-corrected chi connectivity index (χ4v) is 2.29. The number of aryl methyl sites for hydroxylation is 1. The van der Waals surface area contributed by atoms with Crippen LogP contribution in [0.5, 0.6) is 5.75 Å². The number of Topliss-reactive ketones (excluding diaryl/α,β-unsaturated/α-hetero) is 1. The molecule has 2 rings (SSSR count). The molecule has 0 saturated carbocycles. The average molecular weight is 233 g/mol. The molecule has 0 spiro atoms. The topological polar surface area (TPSA) is 29.5 Å². The summed E-state index contributed by atoms with van der Waals surface area (Å²) >= 11 is 0. The first-order valence-corrected chi connectivity index (χ1v) is 6.04. The maximum atomic E-state index is 11.5. The first kappa shape index (κ1) is 12.0. The Balaban J connectivity index is 2.24. The second-order valence-corrected chi connectivity index (χ2v) is 4.72. The number of piperidine rings is 1. The van der Waals surface area contributed by atoms with Crippen LogP contribution in [-0.2, 0) is 4.79 Å². The molecule has 1 aliphatic heterocycles. The van der Waals surface area contributed by atoms with E-state index in [1.54, 1.807) is 7.11 Å². The summed E-state index contributed by atoms with van der Waals surface area (Å²) in [5, 5.41) is 0. The SMILES string of the molecule is COc1ccc(C)c(N2CCC(=O)C(C)C2)c1. The molecule has 0 N–H and O–H groups in total. The Kier molecular flexibility index (Phi) is 3.36. The summed E-state index contributed by atoms with van der Waals surface area (Å²) in [6, 6.07) is 6.09. The number of ketones is 1. The second-order valence-electron chi connectivity index (χ2n) is 4.72. The van der Waals surface area contributed by atoms with Gasteiger partial charge < -0.3 is 9.64 Å². The lowest BCUT2D eigenvalue weighted by atomic mass is 9.97. The van der Waals surface area contributed by atoms with Crippen LogP contribution in [-0.4, -0.2) is 26.0 Å². The van der Waals surface area contributed by atoms with E-state index in [1.165, 1.54) is 11.3 Å². The molecule has 1 aromatic rings. The lowest BCUT2D eigenvalue weighted by Crippen LogP contribution is -2.39. The molecular weight excluding hydrogens is 214 g/mol. The van der Waals surface area contributed by atoms with Crippen molar-refractivity contribution in [3.63, 3.8) is 0 Å². The van der Waals surface area contributed by atoms with E-state index in [1.807, 2.05) is 13.0 Å². The van der Waals surface area contributed by atoms with Crippen LogP contribution >= 0.6 is 0 Å². The van der Waals surface area contributed by atoms with E-state index in [2.05, 4.69) is 24.0 Å². The highest BCUT2D eigenvalue weighted by Crippen LogP contribution is 2.28. The minimum atomic E-state index is 0.134. The number of hydrogen-bond donors (Lipinski definition) is 0. The number of carbonyl (C=O) groups excluding carboxylic acids is 1. The first-order chi connectivity index (χ1) is 8.11. The Morgan fingerprint density at radius 1 is 1.41 bits per heavy atom. The zero-order valence-corrected chi connectivity index (χ0v) is 10.7. The van der Waals surface area contributed by atoms with E-state index in [-0.39, 0.29) is 5.92 Å². The number of methoxy groups -OCH3 is 1. The second kappa shape index (κ2) is 4.78. The summed E-state index contributed by atoms with van der Waals surface area (Å²) in [5.41, 5.74) is 2.41. The van der Waals surface area contributed by atoms with Crippen molar-refractivity contribution in [2.75, 3.05) is 25.1 Å². The summed E-state index contributed by atoms with van der Waals surface area (Å²) < 4.78 is 5.26. The molecule has 1 atom stereocenters. The summed E-state index contributed by atoms with van der Waals surface area (Å²) in [7, 11) is 1.68. The minimum absolute atomic E-state index is 0.134. The first-order valence-electron chi connectivity index (χ1n) is 6.04. The van der Waals surface area contributed by atoms with Crippen LogP contribution in [0.4, 0.5) is 5.69 Å². The van der Waals surface area contributed by atoms with Gasteiger partial charge in [-0.05, 0) is 18.6 Å². The van der Waals surface area contributed by atoms with Gasteiger partial charge in [-0.2, -0.15) is 0 Å². The standard InChI is InChI=1S/C14H19NO2/c1-10-4-5-12(17-3)8-13(10)15-7-6-14(16)11(2)9-15/h4-5,8,11H,6-7,9H2,1-3H3. The van der Waals surface area contributed by atoms with Gasteiger partial charge in [0.05, 0.1) is 7.11 Å². The summed E-state index contributed by atoms with van der Waals surface area (Å²) in [6.07, 6.45) is 0.651. The molecule has 92 valence electrons. The number of nitrogens with zero attached hydrogens (tertiary/aromatic N) is 1. The van der Waals surface area contributed by atoms with E-state index in [9.17, 15) is 4.79 Å². The summed E-state index contributed by atoms with van der Waals surface area (Å²) in [4.78, 5) is 13.8. The Morgan fingerprint density at radius 3 is 2.82 bits per heavy atom. The van der Waals surface area contributed by atoms with Crippen molar-refractivity contribution in [1.82, 2.24) is 0 Å². The third-order valence-electron chi connectivity index (χ3n) is 3.43. The van der Waals surface area contributed by atoms with Gasteiger partial charge in [-0.3, -0.25) is 4.79 Å². The van der Waals surface area contributed by atoms with Crippen molar-refractivity contribution in [2.24, 2.45) is 5.92 Å². The van der Waals surface area contributed by atoms with Gasteiger partial charge in [-0.1, -0.05) is 13.0 Å². The van der Waals surface area contributed by atoms with Crippen molar-refractivity contribution in [3.05, 3.63) is 23.8 Å². The Labute approximate surface area is 102 Å². The van der Waals surface area contributed by atoms with E-state index < -0.39 is 0 Å². The Hall–Kier alpha value is -1.51. The number of carbonyl (C=O) groups is 1. The molecule has 1 aliphatic rings. The van der Waals surface area contributed by atoms with Crippen LogP contribution in [0.2, 0.25) is 0 Å². The third kappa shape index (κ3) is 2.43. The quantitative estimate of drug-likeness (QED) is 0.785. The number of hydrogen-bond acceptors (Lipinski definition) is 3. The van der Waals surface area contributed by atoms with E-state index in [0.717, 1.165) is 18.8 Å². The number of benzene rings is 1. The molecule has 1 unspecified atom stereocenters. The van der Waals surface area contributed by atoms with Crippen molar-refractivity contribution < 1.29 is 9.53 Å². The zero-order chi connectivity index (χ0) is 12.4. The maximum Gasteiger partial charge on any atom is 0.139 e. The highest BCUT2D eigenvalue weighted by molar-refractivity contribution is 5.83. The Bertz CT molecular complexity index is 428. The van der Waals surface area contributed by atoms with Crippen molar-refractivity contribution in [3.8, 4) is 5.75 Å². The average Bonchev–Trinajstić information content (AvgIpc) is 2.33. The lowest BCUT2D eigenvalue weighted by molar-refractivity contribution is -0.122. The minimum Gasteiger partial charge on any atom is -0.497 e. The van der Waals surface area contributed by atoms with Gasteiger partial charge in [-0.15, -0.1) is 0 Å². The van der Waals surface area contributed by atoms with Crippen LogP contribution in [0.15, 0.2) is 18.2 Å². The highest BCUT2D eigenvalue weighted by atomic mass is 16.5. The molecule has 1 aromatic carbocycles. The number of rotatable bonds is 2. The van der Waals surface area contributed by atoms with E-state index in [4.69, 9.17) is 4.74 Å². The predicted octanol–water partition coefficient (Wildman–Crippen LogP) is 2.42. The van der Waals surface area contributed by atoms with Gasteiger partial charge in [0.25, 0.3) is 0 Å². The van der Waals surface area contributed by atoms with Crippen molar-refractivity contribution in [2.45, 2.75) is 20.3 Å². The van der Waals surface area contributed by atoms with Crippen molar-refractivity contribution in [1.29, 1.82) is 0 Å². The molecule has 0 radical (unpaired) electrons. The number of anilines is 1. The fraction of sp³-hybridized carbons (Fsp3) is 0.500. The Morgan fingerprint density at radius 2 is 2.18 bits per heavy atom. The van der Waals surface area contributed by atoms with Gasteiger partial charge in [0.1, 0.15) is 11.5 Å². The molecule has 3 heteroatoms. The molecule has 1 heterocycles. The maximum absolute atomic E-state index is 11.5. The van der Waals surface area contributed by atoms with Gasteiger partial charge in [0.15, 0.2) is 0 Å². The van der Waals surface area contributed by atoms with Gasteiger partial charge >= 0.3 is 0 Å². The summed E-state index contributed by atoms with van der Waals surface area (Å²) in [5.74, 6) is 1.38. The smallest absolute Gasteiger partial charge is 0.139 e. The van der Waals surface area contributed by atoms with Crippen LogP contribution in [0.3, 0.4) is 0 Å². The van der Waals surface area contributed by atoms with Crippen LogP contribution in [0.25, 0.3) is 0 Å². The highest BCUT2D eigenvalue weighted by Gasteiger charge is 2.24. The van der Waals surface area contributed by atoms with Crippen LogP contribution in [0, 0.1) is 12.8 Å². The van der Waals surface area contributed by atoms with Gasteiger partial charge in [-0.25, -0.2) is 0 Å². The molecule has 0 bridgehead atoms. The molecule has 17 heavy (non-hydrogen) atoms. The molecule has 0 aliphatic carbocycles. The van der Waals surface area contributed by atoms with Gasteiger partial charge in [0, 0.05) is 37.2 Å².